The number of nitrogen functional groups attached to an aromatic ring is 1. The highest BCUT2D eigenvalue weighted by atomic mass is 32.1. The maximum atomic E-state index is 12.1. The van der Waals surface area contributed by atoms with Crippen LogP contribution in [0.1, 0.15) is 41.4 Å². The lowest BCUT2D eigenvalue weighted by atomic mass is 10.1. The van der Waals surface area contributed by atoms with Gasteiger partial charge >= 0.3 is 0 Å². The molecule has 4 nitrogen and oxygen atoms in total. The smallest absolute Gasteiger partial charge is 0.178 e. The highest BCUT2D eigenvalue weighted by Crippen LogP contribution is 2.43. The van der Waals surface area contributed by atoms with E-state index in [0.717, 1.165) is 24.3 Å². The molecule has 1 aromatic rings. The van der Waals surface area contributed by atoms with Gasteiger partial charge in [0.15, 0.2) is 5.78 Å². The molecule has 1 aromatic heterocycles. The lowest BCUT2D eigenvalue weighted by Crippen LogP contribution is -2.03. The van der Waals surface area contributed by atoms with Crippen molar-refractivity contribution in [3.63, 3.8) is 0 Å². The Morgan fingerprint density at radius 2 is 2.22 bits per heavy atom. The summed E-state index contributed by atoms with van der Waals surface area (Å²) in [4.78, 5) is 12.6. The molecule has 18 heavy (non-hydrogen) atoms. The topological polar surface area (TPSA) is 78.9 Å². The van der Waals surface area contributed by atoms with Crippen molar-refractivity contribution in [2.45, 2.75) is 32.2 Å². The minimum Gasteiger partial charge on any atom is -0.396 e. The second kappa shape index (κ2) is 3.99. The number of rotatable bonds is 4. The summed E-state index contributed by atoms with van der Waals surface area (Å²) in [5, 5.41) is 13.3. The molecule has 2 unspecified atom stereocenters. The van der Waals surface area contributed by atoms with E-state index in [-0.39, 0.29) is 11.7 Å². The summed E-state index contributed by atoms with van der Waals surface area (Å²) >= 11 is 1.35. The number of nitriles is 1. The number of ketones is 1. The SMILES string of the molecule is CC1CC1Nc1sc(C(=O)C2CC2)c(N)c1C#N. The average Bonchev–Trinajstić information content (AvgIpc) is 3.23. The standard InChI is InChI=1S/C13H15N3OS/c1-6-4-9(6)16-13-8(5-14)10(15)12(18-13)11(17)7-2-3-7/h6-7,9,16H,2-4,15H2,1H3. The van der Waals surface area contributed by atoms with Gasteiger partial charge in [0.05, 0.1) is 10.6 Å². The lowest BCUT2D eigenvalue weighted by molar-refractivity contribution is 0.0972. The Hall–Kier alpha value is -1.54. The van der Waals surface area contributed by atoms with E-state index in [2.05, 4.69) is 18.3 Å². The van der Waals surface area contributed by atoms with Gasteiger partial charge in [0, 0.05) is 12.0 Å². The Bertz CT molecular complexity index is 553. The maximum absolute atomic E-state index is 12.1. The number of nitrogens with two attached hydrogens (primary N) is 1. The number of carbonyl (C=O) groups is 1. The molecule has 94 valence electrons. The van der Waals surface area contributed by atoms with Crippen molar-refractivity contribution in [3.05, 3.63) is 10.4 Å². The molecule has 0 saturated heterocycles. The van der Waals surface area contributed by atoms with Crippen molar-refractivity contribution in [1.82, 2.24) is 0 Å². The normalized spacial score (nSPS) is 25.6. The highest BCUT2D eigenvalue weighted by Gasteiger charge is 2.36. The van der Waals surface area contributed by atoms with Crippen molar-refractivity contribution in [2.24, 2.45) is 11.8 Å². The largest absolute Gasteiger partial charge is 0.396 e. The van der Waals surface area contributed by atoms with Gasteiger partial charge in [-0.05, 0) is 25.2 Å². The number of carbonyl (C=O) groups excluding carboxylic acids is 1. The van der Waals surface area contributed by atoms with Crippen LogP contribution in [0.3, 0.4) is 0 Å². The fourth-order valence-corrected chi connectivity index (χ4v) is 3.21. The summed E-state index contributed by atoms with van der Waals surface area (Å²) in [7, 11) is 0. The molecule has 0 radical (unpaired) electrons. The van der Waals surface area contributed by atoms with E-state index in [1.807, 2.05) is 0 Å². The molecule has 2 aliphatic carbocycles. The van der Waals surface area contributed by atoms with Gasteiger partial charge in [-0.25, -0.2) is 0 Å². The first kappa shape index (κ1) is 11.5. The monoisotopic (exact) mass is 261 g/mol. The van der Waals surface area contributed by atoms with E-state index in [1.165, 1.54) is 11.3 Å². The molecule has 0 aromatic carbocycles. The van der Waals surface area contributed by atoms with Crippen LogP contribution < -0.4 is 11.1 Å². The van der Waals surface area contributed by atoms with Crippen LogP contribution in [0.5, 0.6) is 0 Å². The molecule has 3 rings (SSSR count). The van der Waals surface area contributed by atoms with Crippen LogP contribution in [0.4, 0.5) is 10.7 Å². The van der Waals surface area contributed by atoms with Gasteiger partial charge < -0.3 is 11.1 Å². The number of nitrogens with zero attached hydrogens (tertiary/aromatic N) is 1. The first-order valence-corrected chi connectivity index (χ1v) is 7.06. The third-order valence-corrected chi connectivity index (χ3v) is 4.81. The fraction of sp³-hybridized carbons (Fsp3) is 0.538. The summed E-state index contributed by atoms with van der Waals surface area (Å²) < 4.78 is 0. The van der Waals surface area contributed by atoms with E-state index in [4.69, 9.17) is 5.73 Å². The Morgan fingerprint density at radius 3 is 2.72 bits per heavy atom. The van der Waals surface area contributed by atoms with Crippen LogP contribution in [-0.2, 0) is 0 Å². The molecule has 1 heterocycles. The van der Waals surface area contributed by atoms with E-state index in [1.54, 1.807) is 0 Å². The maximum Gasteiger partial charge on any atom is 0.178 e. The summed E-state index contributed by atoms with van der Waals surface area (Å²) in [5.41, 5.74) is 6.76. The van der Waals surface area contributed by atoms with Crippen LogP contribution in [0.15, 0.2) is 0 Å². The quantitative estimate of drug-likeness (QED) is 0.816. The van der Waals surface area contributed by atoms with Crippen molar-refractivity contribution in [1.29, 1.82) is 5.26 Å². The van der Waals surface area contributed by atoms with Crippen LogP contribution in [0.25, 0.3) is 0 Å². The highest BCUT2D eigenvalue weighted by molar-refractivity contribution is 7.19. The number of hydrogen-bond donors (Lipinski definition) is 2. The van der Waals surface area contributed by atoms with Gasteiger partial charge in [-0.3, -0.25) is 4.79 Å². The molecule has 2 saturated carbocycles. The predicted octanol–water partition coefficient (Wildman–Crippen LogP) is 2.61. The third-order valence-electron chi connectivity index (χ3n) is 3.65. The Morgan fingerprint density at radius 1 is 1.56 bits per heavy atom. The molecular formula is C13H15N3OS. The molecule has 0 aliphatic heterocycles. The Balaban J connectivity index is 1.91. The van der Waals surface area contributed by atoms with E-state index >= 15 is 0 Å². The number of nitrogens with one attached hydrogen (secondary N) is 1. The van der Waals surface area contributed by atoms with Crippen molar-refractivity contribution < 1.29 is 4.79 Å². The second-order valence-corrected chi connectivity index (χ2v) is 6.28. The number of Topliss-reactive ketones (excluding diaryl/α,β-unsaturated/α-hetero) is 1. The molecule has 3 N–H and O–H groups in total. The van der Waals surface area contributed by atoms with Crippen molar-refractivity contribution in [2.75, 3.05) is 11.1 Å². The molecule has 2 aliphatic rings. The van der Waals surface area contributed by atoms with Gasteiger partial charge in [0.25, 0.3) is 0 Å². The van der Waals surface area contributed by atoms with Gasteiger partial charge in [0.2, 0.25) is 0 Å². The zero-order chi connectivity index (χ0) is 12.9. The van der Waals surface area contributed by atoms with Crippen LogP contribution in [-0.4, -0.2) is 11.8 Å². The Kier molecular flexibility index (Phi) is 2.56. The van der Waals surface area contributed by atoms with Crippen LogP contribution >= 0.6 is 11.3 Å². The summed E-state index contributed by atoms with van der Waals surface area (Å²) in [6.45, 7) is 2.16. The third kappa shape index (κ3) is 1.87. The van der Waals surface area contributed by atoms with Crippen LogP contribution in [0, 0.1) is 23.2 Å². The van der Waals surface area contributed by atoms with E-state index in [9.17, 15) is 10.1 Å². The van der Waals surface area contributed by atoms with Gasteiger partial charge in [-0.2, -0.15) is 5.26 Å². The van der Waals surface area contributed by atoms with Gasteiger partial charge in [-0.1, -0.05) is 6.92 Å². The number of anilines is 2. The zero-order valence-electron chi connectivity index (χ0n) is 10.2. The first-order chi connectivity index (χ1) is 8.61. The Labute approximate surface area is 110 Å². The van der Waals surface area contributed by atoms with Crippen molar-refractivity contribution in [3.8, 4) is 6.07 Å². The van der Waals surface area contributed by atoms with Crippen LogP contribution in [0.2, 0.25) is 0 Å². The molecular weight excluding hydrogens is 246 g/mol. The summed E-state index contributed by atoms with van der Waals surface area (Å²) in [6, 6.07) is 2.55. The fourth-order valence-electron chi connectivity index (χ4n) is 2.06. The minimum atomic E-state index is 0.117. The predicted molar refractivity (Wildman–Crippen MR) is 71.7 cm³/mol. The zero-order valence-corrected chi connectivity index (χ0v) is 11.0. The van der Waals surface area contributed by atoms with Gasteiger partial charge in [-0.15, -0.1) is 11.3 Å². The molecule has 0 spiro atoms. The first-order valence-electron chi connectivity index (χ1n) is 6.25. The molecule has 2 atom stereocenters. The second-order valence-electron chi connectivity index (χ2n) is 5.26. The van der Waals surface area contributed by atoms with Crippen molar-refractivity contribution >= 4 is 27.8 Å². The summed E-state index contributed by atoms with van der Waals surface area (Å²) in [5.74, 6) is 0.901. The summed E-state index contributed by atoms with van der Waals surface area (Å²) in [6.07, 6.45) is 3.04. The average molecular weight is 261 g/mol. The van der Waals surface area contributed by atoms with E-state index < -0.39 is 0 Å². The van der Waals surface area contributed by atoms with Gasteiger partial charge in [0.1, 0.15) is 16.6 Å². The molecule has 0 bridgehead atoms. The minimum absolute atomic E-state index is 0.117. The number of thiophene rings is 1. The molecule has 2 fully saturated rings. The number of hydrogen-bond acceptors (Lipinski definition) is 5. The molecule has 0 amide bonds. The lowest BCUT2D eigenvalue weighted by Gasteiger charge is -2.00. The van der Waals surface area contributed by atoms with E-state index in [0.29, 0.717) is 28.1 Å². The molecule has 5 heteroatoms.